The van der Waals surface area contributed by atoms with Crippen LogP contribution in [0.5, 0.6) is 0 Å². The largest absolute Gasteiger partial charge is 0.280 e. The Morgan fingerprint density at radius 1 is 1.18 bits per heavy atom. The van der Waals surface area contributed by atoms with Gasteiger partial charge in [0.05, 0.1) is 12.5 Å². The van der Waals surface area contributed by atoms with Gasteiger partial charge in [-0.25, -0.2) is 9.37 Å². The molecule has 22 heavy (non-hydrogen) atoms. The predicted molar refractivity (Wildman–Crippen MR) is 75.0 cm³/mol. The van der Waals surface area contributed by atoms with Gasteiger partial charge in [0, 0.05) is 13.0 Å². The molecule has 0 aliphatic carbocycles. The summed E-state index contributed by atoms with van der Waals surface area (Å²) in [5.74, 6) is -1.02. The van der Waals surface area contributed by atoms with E-state index in [2.05, 4.69) is 10.1 Å². The third-order valence-corrected chi connectivity index (χ3v) is 3.75. The minimum absolute atomic E-state index is 0.169. The maximum absolute atomic E-state index is 12.9. The van der Waals surface area contributed by atoms with Gasteiger partial charge in [0.15, 0.2) is 0 Å². The maximum atomic E-state index is 12.9. The quantitative estimate of drug-likeness (QED) is 0.774. The van der Waals surface area contributed by atoms with Crippen LogP contribution >= 0.6 is 0 Å². The number of imide groups is 1. The van der Waals surface area contributed by atoms with Crippen molar-refractivity contribution in [2.45, 2.75) is 19.4 Å². The van der Waals surface area contributed by atoms with Crippen molar-refractivity contribution in [3.05, 3.63) is 48.3 Å². The highest BCUT2D eigenvalue weighted by Crippen LogP contribution is 2.23. The van der Waals surface area contributed by atoms with Crippen molar-refractivity contribution in [1.82, 2.24) is 19.7 Å². The van der Waals surface area contributed by atoms with Gasteiger partial charge in [0.25, 0.3) is 0 Å². The number of aromatic nitrogens is 3. The highest BCUT2D eigenvalue weighted by atomic mass is 19.1. The Morgan fingerprint density at radius 2 is 1.95 bits per heavy atom. The van der Waals surface area contributed by atoms with Gasteiger partial charge < -0.3 is 0 Å². The Labute approximate surface area is 126 Å². The van der Waals surface area contributed by atoms with Crippen LogP contribution in [-0.4, -0.2) is 38.0 Å². The van der Waals surface area contributed by atoms with Crippen molar-refractivity contribution in [3.63, 3.8) is 0 Å². The fraction of sp³-hybridized carbons (Fsp3) is 0.333. The summed E-state index contributed by atoms with van der Waals surface area (Å²) in [6.07, 6.45) is 3.60. The number of rotatable bonds is 5. The maximum Gasteiger partial charge on any atom is 0.233 e. The van der Waals surface area contributed by atoms with Crippen molar-refractivity contribution in [2.75, 3.05) is 6.54 Å². The topological polar surface area (TPSA) is 68.1 Å². The molecule has 1 atom stereocenters. The molecule has 3 rings (SSSR count). The van der Waals surface area contributed by atoms with Gasteiger partial charge in [-0.2, -0.15) is 5.10 Å². The third-order valence-electron chi connectivity index (χ3n) is 3.75. The first-order chi connectivity index (χ1) is 10.6. The number of halogens is 1. The molecule has 2 heterocycles. The monoisotopic (exact) mass is 302 g/mol. The average Bonchev–Trinajstić information content (AvgIpc) is 3.10. The van der Waals surface area contributed by atoms with Crippen molar-refractivity contribution < 1.29 is 14.0 Å². The number of carbonyl (C=O) groups is 2. The molecule has 0 saturated carbocycles. The molecule has 1 fully saturated rings. The Morgan fingerprint density at radius 3 is 2.64 bits per heavy atom. The molecule has 1 unspecified atom stereocenters. The van der Waals surface area contributed by atoms with Crippen LogP contribution in [0.15, 0.2) is 36.9 Å². The van der Waals surface area contributed by atoms with E-state index in [-0.39, 0.29) is 30.0 Å². The van der Waals surface area contributed by atoms with Crippen molar-refractivity contribution in [2.24, 2.45) is 5.92 Å². The van der Waals surface area contributed by atoms with Crippen molar-refractivity contribution in [1.29, 1.82) is 0 Å². The molecule has 0 bridgehead atoms. The second kappa shape index (κ2) is 6.05. The van der Waals surface area contributed by atoms with Crippen LogP contribution in [0.3, 0.4) is 0 Å². The van der Waals surface area contributed by atoms with Gasteiger partial charge in [-0.05, 0) is 24.1 Å². The number of carbonyl (C=O) groups excluding carboxylic acids is 2. The summed E-state index contributed by atoms with van der Waals surface area (Å²) in [6.45, 7) is 0.724. The zero-order valence-electron chi connectivity index (χ0n) is 11.9. The molecule has 1 saturated heterocycles. The molecular formula is C15H15FN4O2. The van der Waals surface area contributed by atoms with Gasteiger partial charge in [-0.3, -0.25) is 19.2 Å². The van der Waals surface area contributed by atoms with E-state index in [0.717, 1.165) is 5.56 Å². The summed E-state index contributed by atoms with van der Waals surface area (Å²) in [5, 5.41) is 3.94. The Hall–Kier alpha value is -2.57. The second-order valence-corrected chi connectivity index (χ2v) is 5.27. The van der Waals surface area contributed by atoms with E-state index in [4.69, 9.17) is 0 Å². The SMILES string of the molecule is O=C1CC(Cc2ccc(F)cc2)C(=O)N1CCn1cncn1. The molecule has 6 nitrogen and oxygen atoms in total. The molecule has 2 amide bonds. The third kappa shape index (κ3) is 3.03. The molecule has 2 aromatic rings. The molecule has 114 valence electrons. The molecule has 1 aromatic carbocycles. The molecule has 0 radical (unpaired) electrons. The lowest BCUT2D eigenvalue weighted by atomic mass is 9.98. The summed E-state index contributed by atoms with van der Waals surface area (Å²) in [4.78, 5) is 29.4. The number of amides is 2. The Balaban J connectivity index is 1.62. The van der Waals surface area contributed by atoms with Gasteiger partial charge in [-0.1, -0.05) is 12.1 Å². The average molecular weight is 302 g/mol. The molecule has 1 aliphatic heterocycles. The molecule has 1 aliphatic rings. The number of likely N-dealkylation sites (tertiary alicyclic amines) is 1. The van der Waals surface area contributed by atoms with Crippen LogP contribution in [0.1, 0.15) is 12.0 Å². The lowest BCUT2D eigenvalue weighted by Gasteiger charge is -2.14. The van der Waals surface area contributed by atoms with Gasteiger partial charge >= 0.3 is 0 Å². The van der Waals surface area contributed by atoms with Gasteiger partial charge in [0.1, 0.15) is 18.5 Å². The summed E-state index contributed by atoms with van der Waals surface area (Å²) < 4.78 is 14.5. The number of hydrogen-bond acceptors (Lipinski definition) is 4. The molecule has 1 aromatic heterocycles. The van der Waals surface area contributed by atoms with E-state index in [1.165, 1.54) is 23.4 Å². The molecule has 7 heteroatoms. The Bertz CT molecular complexity index is 669. The minimum Gasteiger partial charge on any atom is -0.280 e. The van der Waals surface area contributed by atoms with Crippen LogP contribution in [-0.2, 0) is 22.6 Å². The lowest BCUT2D eigenvalue weighted by molar-refractivity contribution is -0.139. The minimum atomic E-state index is -0.367. The summed E-state index contributed by atoms with van der Waals surface area (Å²) in [5.41, 5.74) is 0.852. The van der Waals surface area contributed by atoms with E-state index < -0.39 is 0 Å². The van der Waals surface area contributed by atoms with Crippen molar-refractivity contribution >= 4 is 11.8 Å². The summed E-state index contributed by atoms with van der Waals surface area (Å²) in [7, 11) is 0. The van der Waals surface area contributed by atoms with E-state index in [1.54, 1.807) is 23.1 Å². The highest BCUT2D eigenvalue weighted by Gasteiger charge is 2.38. The smallest absolute Gasteiger partial charge is 0.233 e. The van der Waals surface area contributed by atoms with Crippen molar-refractivity contribution in [3.8, 4) is 0 Å². The van der Waals surface area contributed by atoms with Crippen LogP contribution < -0.4 is 0 Å². The normalized spacial score (nSPS) is 18.2. The fourth-order valence-corrected chi connectivity index (χ4v) is 2.60. The zero-order chi connectivity index (χ0) is 15.5. The molecule has 0 N–H and O–H groups in total. The second-order valence-electron chi connectivity index (χ2n) is 5.27. The standard InChI is InChI=1S/C15H15FN4O2/c16-13-3-1-11(2-4-13)7-12-8-14(21)20(15(12)22)6-5-19-10-17-9-18-19/h1-4,9-10,12H,5-8H2. The Kier molecular flexibility index (Phi) is 3.95. The van der Waals surface area contributed by atoms with Crippen LogP contribution in [0.4, 0.5) is 4.39 Å². The summed E-state index contributed by atoms with van der Waals surface area (Å²) >= 11 is 0. The highest BCUT2D eigenvalue weighted by molar-refractivity contribution is 6.03. The van der Waals surface area contributed by atoms with Crippen LogP contribution in [0.2, 0.25) is 0 Å². The van der Waals surface area contributed by atoms with Gasteiger partial charge in [0.2, 0.25) is 11.8 Å². The summed E-state index contributed by atoms with van der Waals surface area (Å²) in [6, 6.07) is 6.01. The van der Waals surface area contributed by atoms with Crippen LogP contribution in [0, 0.1) is 11.7 Å². The van der Waals surface area contributed by atoms with E-state index in [9.17, 15) is 14.0 Å². The van der Waals surface area contributed by atoms with Crippen LogP contribution in [0.25, 0.3) is 0 Å². The number of benzene rings is 1. The lowest BCUT2D eigenvalue weighted by Crippen LogP contribution is -2.34. The number of hydrogen-bond donors (Lipinski definition) is 0. The fourth-order valence-electron chi connectivity index (χ4n) is 2.60. The van der Waals surface area contributed by atoms with E-state index in [0.29, 0.717) is 19.5 Å². The number of nitrogens with zero attached hydrogens (tertiary/aromatic N) is 4. The molecular weight excluding hydrogens is 287 g/mol. The van der Waals surface area contributed by atoms with E-state index in [1.807, 2.05) is 0 Å². The first-order valence-corrected chi connectivity index (χ1v) is 7.04. The predicted octanol–water partition coefficient (Wildman–Crippen LogP) is 1.04. The van der Waals surface area contributed by atoms with Gasteiger partial charge in [-0.15, -0.1) is 0 Å². The molecule has 0 spiro atoms. The first-order valence-electron chi connectivity index (χ1n) is 7.04. The first kappa shape index (κ1) is 14.4. The van der Waals surface area contributed by atoms with E-state index >= 15 is 0 Å². The zero-order valence-corrected chi connectivity index (χ0v) is 11.9.